The van der Waals surface area contributed by atoms with Crippen molar-refractivity contribution in [1.29, 1.82) is 0 Å². The monoisotopic (exact) mass is 533 g/mol. The molecule has 1 aromatic heterocycles. The smallest absolute Gasteiger partial charge is 0.317 e. The van der Waals surface area contributed by atoms with Crippen molar-refractivity contribution in [2.75, 3.05) is 38.0 Å². The highest BCUT2D eigenvalue weighted by molar-refractivity contribution is 6.32. The van der Waals surface area contributed by atoms with Crippen LogP contribution in [0.5, 0.6) is 0 Å². The fourth-order valence-corrected chi connectivity index (χ4v) is 5.53. The van der Waals surface area contributed by atoms with Gasteiger partial charge >= 0.3 is 5.97 Å². The molecule has 3 aromatic rings. The van der Waals surface area contributed by atoms with Crippen molar-refractivity contribution in [3.8, 4) is 22.4 Å². The zero-order valence-electron chi connectivity index (χ0n) is 21.2. The maximum absolute atomic E-state index is 13.0. The average molecular weight is 534 g/mol. The van der Waals surface area contributed by atoms with Crippen LogP contribution in [0.2, 0.25) is 5.02 Å². The SMILES string of the molecule is O=C(O)CN1CCC(C(=O)N2CCC(Nc3ncc(Cl)c(-c4cccc(-c5ccccc5)c4)n3)CC2)CC1. The van der Waals surface area contributed by atoms with Crippen molar-refractivity contribution in [3.05, 3.63) is 65.8 Å². The van der Waals surface area contributed by atoms with Crippen molar-refractivity contribution >= 4 is 29.4 Å². The quantitative estimate of drug-likeness (QED) is 0.455. The van der Waals surface area contributed by atoms with E-state index in [9.17, 15) is 9.59 Å². The van der Waals surface area contributed by atoms with Crippen LogP contribution in [-0.4, -0.2) is 75.5 Å². The van der Waals surface area contributed by atoms with Gasteiger partial charge in [0.2, 0.25) is 11.9 Å². The van der Waals surface area contributed by atoms with Crippen LogP contribution in [0.25, 0.3) is 22.4 Å². The zero-order chi connectivity index (χ0) is 26.5. The molecule has 1 amide bonds. The van der Waals surface area contributed by atoms with Gasteiger partial charge in [-0.25, -0.2) is 9.97 Å². The zero-order valence-corrected chi connectivity index (χ0v) is 22.0. The van der Waals surface area contributed by atoms with Crippen molar-refractivity contribution < 1.29 is 14.7 Å². The molecule has 3 heterocycles. The van der Waals surface area contributed by atoms with Crippen LogP contribution in [0, 0.1) is 5.92 Å². The van der Waals surface area contributed by atoms with Gasteiger partial charge in [0.25, 0.3) is 0 Å². The third-order valence-corrected chi connectivity index (χ3v) is 7.70. The molecule has 2 saturated heterocycles. The normalized spacial score (nSPS) is 17.3. The van der Waals surface area contributed by atoms with Gasteiger partial charge < -0.3 is 15.3 Å². The summed E-state index contributed by atoms with van der Waals surface area (Å²) in [5.41, 5.74) is 3.84. The lowest BCUT2D eigenvalue weighted by Gasteiger charge is -2.37. The van der Waals surface area contributed by atoms with E-state index in [-0.39, 0.29) is 24.4 Å². The van der Waals surface area contributed by atoms with Crippen molar-refractivity contribution in [1.82, 2.24) is 19.8 Å². The molecule has 2 N–H and O–H groups in total. The number of anilines is 1. The number of halogens is 1. The number of nitrogens with zero attached hydrogens (tertiary/aromatic N) is 4. The molecule has 0 atom stereocenters. The number of hydrogen-bond donors (Lipinski definition) is 2. The minimum Gasteiger partial charge on any atom is -0.480 e. The second-order valence-corrected chi connectivity index (χ2v) is 10.4. The first-order chi connectivity index (χ1) is 18.5. The van der Waals surface area contributed by atoms with Crippen molar-refractivity contribution in [3.63, 3.8) is 0 Å². The van der Waals surface area contributed by atoms with E-state index >= 15 is 0 Å². The first-order valence-corrected chi connectivity index (χ1v) is 13.5. The summed E-state index contributed by atoms with van der Waals surface area (Å²) < 4.78 is 0. The highest BCUT2D eigenvalue weighted by Gasteiger charge is 2.31. The van der Waals surface area contributed by atoms with Crippen molar-refractivity contribution in [2.45, 2.75) is 31.7 Å². The average Bonchev–Trinajstić information content (AvgIpc) is 2.95. The van der Waals surface area contributed by atoms with E-state index in [1.807, 2.05) is 40.1 Å². The number of carbonyl (C=O) groups excluding carboxylic acids is 1. The third-order valence-electron chi connectivity index (χ3n) is 7.42. The molecule has 0 saturated carbocycles. The van der Waals surface area contributed by atoms with E-state index in [0.29, 0.717) is 42.8 Å². The summed E-state index contributed by atoms with van der Waals surface area (Å²) in [6.07, 6.45) is 4.70. The standard InChI is InChI=1S/C29H32ClN5O3/c30-25-18-31-29(33-27(25)23-8-4-7-22(17-23)20-5-2-1-3-6-20)32-24-11-15-35(16-12-24)28(38)21-9-13-34(14-10-21)19-26(36)37/h1-8,17-18,21,24H,9-16,19H2,(H,36,37)(H,31,32,33). The maximum Gasteiger partial charge on any atom is 0.317 e. The van der Waals surface area contributed by atoms with Gasteiger partial charge in [-0.3, -0.25) is 14.5 Å². The van der Waals surface area contributed by atoms with E-state index in [2.05, 4.69) is 34.6 Å². The van der Waals surface area contributed by atoms with Gasteiger partial charge in [-0.15, -0.1) is 0 Å². The summed E-state index contributed by atoms with van der Waals surface area (Å²) in [6, 6.07) is 18.5. The summed E-state index contributed by atoms with van der Waals surface area (Å²) in [5.74, 6) is -0.105. The Hall–Kier alpha value is -3.49. The Morgan fingerprint density at radius 2 is 1.61 bits per heavy atom. The highest BCUT2D eigenvalue weighted by atomic mass is 35.5. The second kappa shape index (κ2) is 11.9. The third kappa shape index (κ3) is 6.31. The second-order valence-electron chi connectivity index (χ2n) is 10.0. The van der Waals surface area contributed by atoms with Crippen LogP contribution < -0.4 is 5.32 Å². The highest BCUT2D eigenvalue weighted by Crippen LogP contribution is 2.30. The van der Waals surface area contributed by atoms with E-state index < -0.39 is 5.97 Å². The molecule has 2 fully saturated rings. The molecule has 2 aliphatic heterocycles. The fourth-order valence-electron chi connectivity index (χ4n) is 5.33. The largest absolute Gasteiger partial charge is 0.480 e. The van der Waals surface area contributed by atoms with Gasteiger partial charge in [0.15, 0.2) is 0 Å². The summed E-state index contributed by atoms with van der Waals surface area (Å²) in [7, 11) is 0. The lowest BCUT2D eigenvalue weighted by molar-refractivity contribution is -0.140. The lowest BCUT2D eigenvalue weighted by Crippen LogP contribution is -2.47. The molecule has 0 aliphatic carbocycles. The van der Waals surface area contributed by atoms with E-state index in [1.54, 1.807) is 6.20 Å². The fraction of sp³-hybridized carbons (Fsp3) is 0.379. The number of carbonyl (C=O) groups is 2. The molecule has 8 nitrogen and oxygen atoms in total. The number of rotatable bonds is 7. The molecule has 0 spiro atoms. The Balaban J connectivity index is 1.18. The Kier molecular flexibility index (Phi) is 8.20. The number of nitrogens with one attached hydrogen (secondary N) is 1. The van der Waals surface area contributed by atoms with Crippen LogP contribution in [0.1, 0.15) is 25.7 Å². The van der Waals surface area contributed by atoms with E-state index in [4.69, 9.17) is 21.7 Å². The number of hydrogen-bond acceptors (Lipinski definition) is 6. The number of piperidine rings is 2. The summed E-state index contributed by atoms with van der Waals surface area (Å²) in [5, 5.41) is 12.9. The molecule has 5 rings (SSSR count). The molecule has 198 valence electrons. The molecule has 9 heteroatoms. The summed E-state index contributed by atoms with van der Waals surface area (Å²) >= 11 is 6.50. The van der Waals surface area contributed by atoms with Gasteiger partial charge in [0.1, 0.15) is 0 Å². The predicted octanol–water partition coefficient (Wildman–Crippen LogP) is 4.66. The molecule has 2 aromatic carbocycles. The topological polar surface area (TPSA) is 98.7 Å². The van der Waals surface area contributed by atoms with Crippen molar-refractivity contribution in [2.24, 2.45) is 5.92 Å². The number of carboxylic acids is 1. The molecule has 0 radical (unpaired) electrons. The number of carboxylic acid groups (broad SMARTS) is 1. The Labute approximate surface area is 227 Å². The van der Waals surface area contributed by atoms with Gasteiger partial charge in [-0.2, -0.15) is 0 Å². The minimum absolute atomic E-state index is 0.0154. The molecule has 38 heavy (non-hydrogen) atoms. The number of benzene rings is 2. The lowest BCUT2D eigenvalue weighted by atomic mass is 9.94. The number of aliphatic carboxylic acids is 1. The Morgan fingerprint density at radius 3 is 2.32 bits per heavy atom. The van der Waals surface area contributed by atoms with E-state index in [0.717, 1.165) is 42.4 Å². The Bertz CT molecular complexity index is 1270. The van der Waals surface area contributed by atoms with Crippen LogP contribution in [0.4, 0.5) is 5.95 Å². The van der Waals surface area contributed by atoms with Gasteiger partial charge in [0.05, 0.1) is 23.5 Å². The minimum atomic E-state index is -0.818. The van der Waals surface area contributed by atoms with Crippen LogP contribution >= 0.6 is 11.6 Å². The van der Waals surface area contributed by atoms with Crippen LogP contribution in [0.15, 0.2) is 60.8 Å². The summed E-state index contributed by atoms with van der Waals surface area (Å²) in [4.78, 5) is 37.0. The predicted molar refractivity (Wildman–Crippen MR) is 148 cm³/mol. The summed E-state index contributed by atoms with van der Waals surface area (Å²) in [6.45, 7) is 2.73. The van der Waals surface area contributed by atoms with Gasteiger partial charge in [-0.05, 0) is 56.0 Å². The van der Waals surface area contributed by atoms with Gasteiger partial charge in [-0.1, -0.05) is 60.1 Å². The van der Waals surface area contributed by atoms with Crippen LogP contribution in [0.3, 0.4) is 0 Å². The molecule has 2 aliphatic rings. The van der Waals surface area contributed by atoms with Gasteiger partial charge in [0, 0.05) is 30.6 Å². The molecule has 0 unspecified atom stereocenters. The first kappa shape index (κ1) is 26.1. The maximum atomic E-state index is 13.0. The van der Waals surface area contributed by atoms with E-state index in [1.165, 1.54) is 0 Å². The molecular formula is C29H32ClN5O3. The number of aromatic nitrogens is 2. The number of likely N-dealkylation sites (tertiary alicyclic amines) is 2. The first-order valence-electron chi connectivity index (χ1n) is 13.1. The number of amides is 1. The molecular weight excluding hydrogens is 502 g/mol. The molecule has 0 bridgehead atoms. The van der Waals surface area contributed by atoms with Crippen LogP contribution in [-0.2, 0) is 9.59 Å². The Morgan fingerprint density at radius 1 is 0.921 bits per heavy atom.